The molecular formula is C25H28ClNO. The Labute approximate surface area is 172 Å². The molecule has 4 saturated carbocycles. The van der Waals surface area contributed by atoms with Gasteiger partial charge in [0.15, 0.2) is 0 Å². The summed E-state index contributed by atoms with van der Waals surface area (Å²) in [5.74, 6) is 2.29. The van der Waals surface area contributed by atoms with Crippen molar-refractivity contribution in [2.45, 2.75) is 62.9 Å². The lowest BCUT2D eigenvalue weighted by Crippen LogP contribution is -2.70. The van der Waals surface area contributed by atoms with Crippen molar-refractivity contribution in [3.8, 4) is 0 Å². The fourth-order valence-corrected chi connectivity index (χ4v) is 8.15. The molecule has 4 aliphatic carbocycles. The molecule has 3 unspecified atom stereocenters. The molecule has 4 bridgehead atoms. The van der Waals surface area contributed by atoms with Crippen molar-refractivity contribution in [1.82, 2.24) is 4.90 Å². The van der Waals surface area contributed by atoms with Gasteiger partial charge < -0.3 is 4.90 Å². The first kappa shape index (κ1) is 17.3. The van der Waals surface area contributed by atoms with Crippen LogP contribution in [0, 0.1) is 23.2 Å². The molecule has 1 saturated heterocycles. The molecule has 7 rings (SSSR count). The topological polar surface area (TPSA) is 20.3 Å². The molecule has 5 fully saturated rings. The number of nitrogens with zero attached hydrogens (tertiary/aromatic N) is 1. The van der Waals surface area contributed by atoms with Gasteiger partial charge in [0, 0.05) is 10.9 Å². The van der Waals surface area contributed by atoms with E-state index in [1.54, 1.807) is 0 Å². The maximum atomic E-state index is 13.4. The summed E-state index contributed by atoms with van der Waals surface area (Å²) in [4.78, 5) is 15.7. The van der Waals surface area contributed by atoms with Crippen LogP contribution in [0.5, 0.6) is 0 Å². The number of rotatable bonds is 2. The highest BCUT2D eigenvalue weighted by molar-refractivity contribution is 6.24. The zero-order chi connectivity index (χ0) is 19.3. The minimum Gasteiger partial charge on any atom is -0.330 e. The molecule has 0 radical (unpaired) electrons. The molecule has 1 amide bonds. The predicted molar refractivity (Wildman–Crippen MR) is 113 cm³/mol. The van der Waals surface area contributed by atoms with Gasteiger partial charge in [0.1, 0.15) is 0 Å². The molecular weight excluding hydrogens is 366 g/mol. The van der Waals surface area contributed by atoms with Gasteiger partial charge in [-0.25, -0.2) is 0 Å². The summed E-state index contributed by atoms with van der Waals surface area (Å²) >= 11 is 6.98. The number of halogens is 1. The lowest BCUT2D eigenvalue weighted by Gasteiger charge is -2.66. The van der Waals surface area contributed by atoms with E-state index in [1.807, 2.05) is 0 Å². The number of hydrogen-bond donors (Lipinski definition) is 0. The van der Waals surface area contributed by atoms with E-state index < -0.39 is 0 Å². The van der Waals surface area contributed by atoms with E-state index >= 15 is 0 Å². The van der Waals surface area contributed by atoms with Crippen molar-refractivity contribution >= 4 is 28.3 Å². The standard InChI is InChI=1S/C25H28ClNO/c1-24(2)22(20-9-5-7-16-6-3-4-8-19(16)20)27(23(24)28)21-17-10-15-11-18(21)14-25(26,12-15)13-17/h3-9,15,17-18,21-22H,10-14H2,1-2H3. The van der Waals surface area contributed by atoms with Gasteiger partial charge in [-0.05, 0) is 80.0 Å². The normalized spacial score (nSPS) is 40.8. The summed E-state index contributed by atoms with van der Waals surface area (Å²) in [6.45, 7) is 4.27. The molecule has 1 heterocycles. The molecule has 3 heteroatoms. The van der Waals surface area contributed by atoms with Gasteiger partial charge in [-0.1, -0.05) is 42.5 Å². The number of hydrogen-bond acceptors (Lipinski definition) is 1. The van der Waals surface area contributed by atoms with Crippen molar-refractivity contribution in [3.05, 3.63) is 48.0 Å². The van der Waals surface area contributed by atoms with Gasteiger partial charge in [0.2, 0.25) is 5.91 Å². The van der Waals surface area contributed by atoms with Gasteiger partial charge in [0.25, 0.3) is 0 Å². The average molecular weight is 394 g/mol. The molecule has 0 N–H and O–H groups in total. The Morgan fingerprint density at radius 3 is 2.36 bits per heavy atom. The van der Waals surface area contributed by atoms with E-state index in [9.17, 15) is 4.79 Å². The van der Waals surface area contributed by atoms with Crippen LogP contribution in [0.4, 0.5) is 0 Å². The zero-order valence-corrected chi connectivity index (χ0v) is 17.5. The van der Waals surface area contributed by atoms with Gasteiger partial charge in [-0.15, -0.1) is 11.6 Å². The predicted octanol–water partition coefficient (Wildman–Crippen LogP) is 5.94. The number of benzene rings is 2. The van der Waals surface area contributed by atoms with Gasteiger partial charge in [-0.3, -0.25) is 4.79 Å². The van der Waals surface area contributed by atoms with E-state index in [0.29, 0.717) is 23.8 Å². The largest absolute Gasteiger partial charge is 0.330 e. The monoisotopic (exact) mass is 393 g/mol. The Bertz CT molecular complexity index is 960. The molecule has 146 valence electrons. The maximum Gasteiger partial charge on any atom is 0.231 e. The third-order valence-corrected chi connectivity index (χ3v) is 8.80. The highest BCUT2D eigenvalue weighted by atomic mass is 35.5. The summed E-state index contributed by atoms with van der Waals surface area (Å²) in [5.41, 5.74) is 0.981. The van der Waals surface area contributed by atoms with Crippen LogP contribution < -0.4 is 0 Å². The summed E-state index contributed by atoms with van der Waals surface area (Å²) in [6.07, 6.45) is 5.92. The smallest absolute Gasteiger partial charge is 0.231 e. The molecule has 0 spiro atoms. The molecule has 28 heavy (non-hydrogen) atoms. The second-order valence-electron chi connectivity index (χ2n) is 10.5. The second-order valence-corrected chi connectivity index (χ2v) is 11.3. The third-order valence-electron chi connectivity index (χ3n) is 8.34. The van der Waals surface area contributed by atoms with Crippen molar-refractivity contribution in [2.75, 3.05) is 0 Å². The Morgan fingerprint density at radius 2 is 1.64 bits per heavy atom. The van der Waals surface area contributed by atoms with Crippen LogP contribution in [0.1, 0.15) is 57.6 Å². The average Bonchev–Trinajstić information content (AvgIpc) is 2.65. The Kier molecular flexibility index (Phi) is 3.43. The third kappa shape index (κ3) is 2.19. The van der Waals surface area contributed by atoms with Gasteiger partial charge >= 0.3 is 0 Å². The lowest BCUT2D eigenvalue weighted by molar-refractivity contribution is -0.190. The quantitative estimate of drug-likeness (QED) is 0.457. The first-order chi connectivity index (χ1) is 13.4. The van der Waals surface area contributed by atoms with Crippen molar-refractivity contribution in [3.63, 3.8) is 0 Å². The molecule has 1 aliphatic heterocycles. The number of alkyl halides is 1. The highest BCUT2D eigenvalue weighted by Crippen LogP contribution is 2.63. The van der Waals surface area contributed by atoms with Crippen LogP contribution in [0.15, 0.2) is 42.5 Å². The van der Waals surface area contributed by atoms with Gasteiger partial charge in [-0.2, -0.15) is 0 Å². The van der Waals surface area contributed by atoms with E-state index in [2.05, 4.69) is 61.2 Å². The van der Waals surface area contributed by atoms with Crippen LogP contribution in [0.3, 0.4) is 0 Å². The Morgan fingerprint density at radius 1 is 0.964 bits per heavy atom. The molecule has 5 aliphatic rings. The lowest BCUT2D eigenvalue weighted by atomic mass is 9.52. The SMILES string of the molecule is CC1(C)C(=O)N(C2C3CC4CC2CC(Cl)(C4)C3)C1c1cccc2ccccc12. The van der Waals surface area contributed by atoms with Crippen molar-refractivity contribution in [2.24, 2.45) is 23.2 Å². The number of carbonyl (C=O) groups is 1. The van der Waals surface area contributed by atoms with Crippen molar-refractivity contribution in [1.29, 1.82) is 0 Å². The molecule has 2 aromatic carbocycles. The Hall–Kier alpha value is -1.54. The Balaban J connectivity index is 1.44. The fourth-order valence-electron chi connectivity index (χ4n) is 7.54. The summed E-state index contributed by atoms with van der Waals surface area (Å²) in [6, 6.07) is 15.7. The molecule has 2 aromatic rings. The number of carbonyl (C=O) groups excluding carboxylic acids is 1. The molecule has 0 aromatic heterocycles. The van der Waals surface area contributed by atoms with Crippen LogP contribution >= 0.6 is 11.6 Å². The molecule has 3 atom stereocenters. The number of amides is 1. The molecule has 2 nitrogen and oxygen atoms in total. The minimum atomic E-state index is -0.336. The number of likely N-dealkylation sites (tertiary alicyclic amines) is 1. The van der Waals surface area contributed by atoms with Crippen LogP contribution in [-0.4, -0.2) is 21.7 Å². The second kappa shape index (κ2) is 5.53. The first-order valence-corrected chi connectivity index (χ1v) is 11.2. The van der Waals surface area contributed by atoms with Crippen molar-refractivity contribution < 1.29 is 4.79 Å². The maximum absolute atomic E-state index is 13.4. The van der Waals surface area contributed by atoms with Gasteiger partial charge in [0.05, 0.1) is 11.5 Å². The summed E-state index contributed by atoms with van der Waals surface area (Å²) in [7, 11) is 0. The highest BCUT2D eigenvalue weighted by Gasteiger charge is 2.64. The fraction of sp³-hybridized carbons (Fsp3) is 0.560. The zero-order valence-electron chi connectivity index (χ0n) is 16.7. The summed E-state index contributed by atoms with van der Waals surface area (Å²) < 4.78 is 0. The minimum absolute atomic E-state index is 0.0192. The van der Waals surface area contributed by atoms with Crippen LogP contribution in [0.25, 0.3) is 10.8 Å². The van der Waals surface area contributed by atoms with E-state index in [0.717, 1.165) is 18.8 Å². The van der Waals surface area contributed by atoms with Crippen LogP contribution in [-0.2, 0) is 4.79 Å². The van der Waals surface area contributed by atoms with E-state index in [1.165, 1.54) is 35.6 Å². The number of β-lactam (4-membered cyclic amide) rings is 1. The first-order valence-electron chi connectivity index (χ1n) is 10.9. The van der Waals surface area contributed by atoms with Crippen LogP contribution in [0.2, 0.25) is 0 Å². The van der Waals surface area contributed by atoms with E-state index in [-0.39, 0.29) is 16.3 Å². The van der Waals surface area contributed by atoms with E-state index in [4.69, 9.17) is 11.6 Å². The summed E-state index contributed by atoms with van der Waals surface area (Å²) in [5, 5.41) is 2.55. The number of fused-ring (bicyclic) bond motifs is 1.